The summed E-state index contributed by atoms with van der Waals surface area (Å²) in [6.45, 7) is 4.75. The van der Waals surface area contributed by atoms with E-state index in [1.54, 1.807) is 0 Å². The number of hydrogen-bond acceptors (Lipinski definition) is 1. The lowest BCUT2D eigenvalue weighted by Gasteiger charge is -2.22. The molecule has 0 spiro atoms. The van der Waals surface area contributed by atoms with Gasteiger partial charge >= 0.3 is 0 Å². The first-order chi connectivity index (χ1) is 5.30. The van der Waals surface area contributed by atoms with Gasteiger partial charge in [0.05, 0.1) is 0 Å². The molecule has 0 aromatic carbocycles. The summed E-state index contributed by atoms with van der Waals surface area (Å²) in [7, 11) is 0. The molecule has 0 N–H and O–H groups in total. The van der Waals surface area contributed by atoms with Gasteiger partial charge < -0.3 is 0 Å². The van der Waals surface area contributed by atoms with E-state index in [1.807, 2.05) is 0 Å². The molecule has 0 aromatic heterocycles. The first-order valence-corrected chi connectivity index (χ1v) is 6.04. The zero-order valence-electron chi connectivity index (χ0n) is 7.81. The van der Waals surface area contributed by atoms with Crippen LogP contribution in [0.2, 0.25) is 0 Å². The standard InChI is InChI=1S/C10H20S/c1-9(2)10-5-3-7-11-8-4-6-10/h9-10H,3-8H2,1-2H3. The summed E-state index contributed by atoms with van der Waals surface area (Å²) in [5, 5.41) is 0. The molecule has 0 aromatic rings. The van der Waals surface area contributed by atoms with E-state index in [0.717, 1.165) is 11.8 Å². The maximum absolute atomic E-state index is 2.37. The second-order valence-electron chi connectivity index (χ2n) is 3.90. The van der Waals surface area contributed by atoms with Crippen LogP contribution in [0.5, 0.6) is 0 Å². The summed E-state index contributed by atoms with van der Waals surface area (Å²) in [4.78, 5) is 0. The van der Waals surface area contributed by atoms with Crippen LogP contribution in [0.3, 0.4) is 0 Å². The topological polar surface area (TPSA) is 0 Å². The zero-order chi connectivity index (χ0) is 8.10. The smallest absolute Gasteiger partial charge is 0.00674 e. The van der Waals surface area contributed by atoms with Crippen LogP contribution < -0.4 is 0 Å². The van der Waals surface area contributed by atoms with Crippen LogP contribution >= 0.6 is 11.8 Å². The third-order valence-electron chi connectivity index (χ3n) is 2.67. The molecular weight excluding hydrogens is 152 g/mol. The van der Waals surface area contributed by atoms with Gasteiger partial charge in [-0.25, -0.2) is 0 Å². The van der Waals surface area contributed by atoms with Crippen LogP contribution in [-0.4, -0.2) is 11.5 Å². The molecule has 1 rings (SSSR count). The Morgan fingerprint density at radius 2 is 1.64 bits per heavy atom. The average Bonchev–Trinajstić information content (AvgIpc) is 1.84. The van der Waals surface area contributed by atoms with Crippen molar-refractivity contribution in [3.8, 4) is 0 Å². The Labute approximate surface area is 75.1 Å². The van der Waals surface area contributed by atoms with Gasteiger partial charge in [-0.05, 0) is 49.0 Å². The molecule has 0 nitrogen and oxygen atoms in total. The van der Waals surface area contributed by atoms with Gasteiger partial charge in [0, 0.05) is 0 Å². The van der Waals surface area contributed by atoms with E-state index in [2.05, 4.69) is 25.6 Å². The lowest BCUT2D eigenvalue weighted by atomic mass is 9.87. The molecule has 0 atom stereocenters. The normalized spacial score (nSPS) is 23.2. The molecule has 1 saturated heterocycles. The Kier molecular flexibility index (Phi) is 4.36. The number of hydrogen-bond donors (Lipinski definition) is 0. The predicted molar refractivity (Wildman–Crippen MR) is 54.1 cm³/mol. The summed E-state index contributed by atoms with van der Waals surface area (Å²) in [6.07, 6.45) is 5.86. The number of rotatable bonds is 1. The third kappa shape index (κ3) is 3.50. The predicted octanol–water partition coefficient (Wildman–Crippen LogP) is 3.57. The molecular formula is C10H20S. The largest absolute Gasteiger partial charge is 0.162 e. The summed E-state index contributed by atoms with van der Waals surface area (Å²) in [5.74, 6) is 4.75. The van der Waals surface area contributed by atoms with Crippen molar-refractivity contribution in [1.29, 1.82) is 0 Å². The molecule has 0 saturated carbocycles. The highest BCUT2D eigenvalue weighted by Crippen LogP contribution is 2.26. The van der Waals surface area contributed by atoms with Crippen LogP contribution in [-0.2, 0) is 0 Å². The van der Waals surface area contributed by atoms with E-state index in [-0.39, 0.29) is 0 Å². The third-order valence-corrected chi connectivity index (χ3v) is 3.82. The van der Waals surface area contributed by atoms with Gasteiger partial charge in [0.25, 0.3) is 0 Å². The van der Waals surface area contributed by atoms with Crippen molar-refractivity contribution >= 4 is 11.8 Å². The van der Waals surface area contributed by atoms with Crippen molar-refractivity contribution < 1.29 is 0 Å². The van der Waals surface area contributed by atoms with Crippen LogP contribution in [0.1, 0.15) is 39.5 Å². The van der Waals surface area contributed by atoms with Gasteiger partial charge in [0.1, 0.15) is 0 Å². The van der Waals surface area contributed by atoms with Crippen molar-refractivity contribution in [3.05, 3.63) is 0 Å². The highest BCUT2D eigenvalue weighted by Gasteiger charge is 2.14. The van der Waals surface area contributed by atoms with Crippen LogP contribution in [0.15, 0.2) is 0 Å². The molecule has 0 aliphatic carbocycles. The highest BCUT2D eigenvalue weighted by molar-refractivity contribution is 7.99. The van der Waals surface area contributed by atoms with E-state index in [0.29, 0.717) is 0 Å². The molecule has 0 bridgehead atoms. The molecule has 1 fully saturated rings. The average molecular weight is 172 g/mol. The summed E-state index contributed by atoms with van der Waals surface area (Å²) < 4.78 is 0. The van der Waals surface area contributed by atoms with Gasteiger partial charge in [-0.1, -0.05) is 13.8 Å². The monoisotopic (exact) mass is 172 g/mol. The summed E-state index contributed by atoms with van der Waals surface area (Å²) >= 11 is 2.14. The molecule has 1 aliphatic heterocycles. The van der Waals surface area contributed by atoms with E-state index < -0.39 is 0 Å². The first kappa shape index (κ1) is 9.44. The summed E-state index contributed by atoms with van der Waals surface area (Å²) in [5.41, 5.74) is 0. The molecule has 0 unspecified atom stereocenters. The van der Waals surface area contributed by atoms with Crippen LogP contribution in [0.25, 0.3) is 0 Å². The quantitative estimate of drug-likeness (QED) is 0.583. The fourth-order valence-electron chi connectivity index (χ4n) is 1.81. The Hall–Kier alpha value is 0.350. The minimum atomic E-state index is 0.915. The van der Waals surface area contributed by atoms with Gasteiger partial charge in [0.15, 0.2) is 0 Å². The molecule has 1 heteroatoms. The van der Waals surface area contributed by atoms with Gasteiger partial charge in [-0.3, -0.25) is 0 Å². The van der Waals surface area contributed by atoms with Crippen LogP contribution in [0.4, 0.5) is 0 Å². The maximum Gasteiger partial charge on any atom is -0.00674 e. The lowest BCUT2D eigenvalue weighted by Crippen LogP contribution is -2.11. The lowest BCUT2D eigenvalue weighted by molar-refractivity contribution is 0.330. The van der Waals surface area contributed by atoms with E-state index >= 15 is 0 Å². The maximum atomic E-state index is 2.37. The molecule has 66 valence electrons. The summed E-state index contributed by atoms with van der Waals surface area (Å²) in [6, 6.07) is 0. The first-order valence-electron chi connectivity index (χ1n) is 4.88. The molecule has 11 heavy (non-hydrogen) atoms. The number of thioether (sulfide) groups is 1. The van der Waals surface area contributed by atoms with Crippen molar-refractivity contribution in [2.75, 3.05) is 11.5 Å². The van der Waals surface area contributed by atoms with Crippen molar-refractivity contribution in [1.82, 2.24) is 0 Å². The van der Waals surface area contributed by atoms with Gasteiger partial charge in [-0.15, -0.1) is 0 Å². The minimum Gasteiger partial charge on any atom is -0.162 e. The van der Waals surface area contributed by atoms with Gasteiger partial charge in [0.2, 0.25) is 0 Å². The zero-order valence-corrected chi connectivity index (χ0v) is 8.62. The molecule has 0 radical (unpaired) electrons. The van der Waals surface area contributed by atoms with Crippen molar-refractivity contribution in [3.63, 3.8) is 0 Å². The molecule has 1 aliphatic rings. The molecule has 1 heterocycles. The van der Waals surface area contributed by atoms with E-state index in [1.165, 1.54) is 37.2 Å². The van der Waals surface area contributed by atoms with Crippen LogP contribution in [0, 0.1) is 11.8 Å². The minimum absolute atomic E-state index is 0.915. The van der Waals surface area contributed by atoms with Gasteiger partial charge in [-0.2, -0.15) is 11.8 Å². The fourth-order valence-corrected chi connectivity index (χ4v) is 2.75. The SMILES string of the molecule is CC(C)C1CCCSCCC1. The second kappa shape index (κ2) is 5.08. The Balaban J connectivity index is 2.26. The Morgan fingerprint density at radius 1 is 1.09 bits per heavy atom. The van der Waals surface area contributed by atoms with E-state index in [9.17, 15) is 0 Å². The van der Waals surface area contributed by atoms with Crippen molar-refractivity contribution in [2.24, 2.45) is 11.8 Å². The van der Waals surface area contributed by atoms with E-state index in [4.69, 9.17) is 0 Å². The Bertz CT molecular complexity index is 91.0. The Morgan fingerprint density at radius 3 is 2.09 bits per heavy atom. The fraction of sp³-hybridized carbons (Fsp3) is 1.00. The van der Waals surface area contributed by atoms with Crippen molar-refractivity contribution in [2.45, 2.75) is 39.5 Å². The second-order valence-corrected chi connectivity index (χ2v) is 5.13. The highest BCUT2D eigenvalue weighted by atomic mass is 32.2. The molecule has 0 amide bonds.